The summed E-state index contributed by atoms with van der Waals surface area (Å²) in [6.45, 7) is 6.10. The first kappa shape index (κ1) is 12.1. The summed E-state index contributed by atoms with van der Waals surface area (Å²) in [5.41, 5.74) is 0. The highest BCUT2D eigenvalue weighted by Gasteiger charge is 2.25. The fourth-order valence-corrected chi connectivity index (χ4v) is 3.60. The van der Waals surface area contributed by atoms with Gasteiger partial charge in [0.05, 0.1) is 0 Å². The first-order valence-electron chi connectivity index (χ1n) is 7.23. The topological polar surface area (TPSA) is 12.4 Å². The Hall–Kier alpha value is -0.330. The third-order valence-electron chi connectivity index (χ3n) is 4.88. The molecule has 1 heteroatoms. The molecule has 0 N–H and O–H groups in total. The van der Waals surface area contributed by atoms with Gasteiger partial charge in [0.1, 0.15) is 0 Å². The van der Waals surface area contributed by atoms with E-state index in [1.807, 2.05) is 0 Å². The van der Waals surface area contributed by atoms with Crippen molar-refractivity contribution in [3.63, 3.8) is 0 Å². The van der Waals surface area contributed by atoms with Gasteiger partial charge in [0.15, 0.2) is 0 Å². The average Bonchev–Trinajstić information content (AvgIpc) is 2.33. The highest BCUT2D eigenvalue weighted by Crippen LogP contribution is 2.37. The number of rotatable bonds is 3. The number of nitrogens with zero attached hydrogens (tertiary/aromatic N) is 1. The van der Waals surface area contributed by atoms with Crippen molar-refractivity contribution in [3.05, 3.63) is 0 Å². The predicted octanol–water partition coefficient (Wildman–Crippen LogP) is 4.46. The molecule has 0 aromatic carbocycles. The third kappa shape index (κ3) is 3.33. The standard InChI is InChI=1S/C15H27N/c1-12-3-5-13(6-4-12)11-14-7-9-15(16-2)10-8-14/h12-15H,2-11H2,1H3. The second-order valence-electron chi connectivity index (χ2n) is 6.22. The zero-order valence-corrected chi connectivity index (χ0v) is 10.8. The maximum absolute atomic E-state index is 4.19. The molecule has 92 valence electrons. The molecule has 2 saturated carbocycles. The fraction of sp³-hybridized carbons (Fsp3) is 0.933. The van der Waals surface area contributed by atoms with Gasteiger partial charge in [-0.15, -0.1) is 0 Å². The summed E-state index contributed by atoms with van der Waals surface area (Å²) in [5, 5.41) is 0. The molecule has 0 aliphatic heterocycles. The van der Waals surface area contributed by atoms with E-state index in [0.717, 1.165) is 17.8 Å². The van der Waals surface area contributed by atoms with Crippen LogP contribution in [0.25, 0.3) is 0 Å². The van der Waals surface area contributed by atoms with Crippen molar-refractivity contribution in [2.45, 2.75) is 70.8 Å². The van der Waals surface area contributed by atoms with Gasteiger partial charge in [-0.05, 0) is 56.6 Å². The van der Waals surface area contributed by atoms with Gasteiger partial charge in [-0.1, -0.05) is 32.6 Å². The Morgan fingerprint density at radius 3 is 1.88 bits per heavy atom. The van der Waals surface area contributed by atoms with Crippen LogP contribution in [0.1, 0.15) is 64.7 Å². The Kier molecular flexibility index (Phi) is 4.43. The summed E-state index contributed by atoms with van der Waals surface area (Å²) in [6.07, 6.45) is 12.9. The molecule has 0 aromatic rings. The molecule has 2 aliphatic carbocycles. The maximum Gasteiger partial charge on any atom is 0.0492 e. The van der Waals surface area contributed by atoms with E-state index in [2.05, 4.69) is 18.6 Å². The highest BCUT2D eigenvalue weighted by atomic mass is 14.7. The van der Waals surface area contributed by atoms with E-state index in [9.17, 15) is 0 Å². The molecule has 0 atom stereocenters. The number of hydrogen-bond donors (Lipinski definition) is 0. The van der Waals surface area contributed by atoms with Gasteiger partial charge in [-0.25, -0.2) is 0 Å². The van der Waals surface area contributed by atoms with Gasteiger partial charge in [0.25, 0.3) is 0 Å². The Labute approximate surface area is 101 Å². The van der Waals surface area contributed by atoms with E-state index in [1.165, 1.54) is 57.8 Å². The summed E-state index contributed by atoms with van der Waals surface area (Å²) in [7, 11) is 0. The van der Waals surface area contributed by atoms with Gasteiger partial charge >= 0.3 is 0 Å². The Morgan fingerprint density at radius 1 is 0.875 bits per heavy atom. The fourth-order valence-electron chi connectivity index (χ4n) is 3.60. The van der Waals surface area contributed by atoms with Crippen molar-refractivity contribution < 1.29 is 0 Å². The molecule has 2 fully saturated rings. The van der Waals surface area contributed by atoms with Gasteiger partial charge in [-0.2, -0.15) is 0 Å². The molecule has 16 heavy (non-hydrogen) atoms. The largest absolute Gasteiger partial charge is 0.298 e. The SMILES string of the molecule is C=NC1CCC(CC2CCC(C)CC2)CC1. The molecule has 0 amide bonds. The molecule has 0 heterocycles. The minimum atomic E-state index is 0.586. The van der Waals surface area contributed by atoms with Crippen LogP contribution in [0.15, 0.2) is 4.99 Å². The van der Waals surface area contributed by atoms with Gasteiger partial charge in [-0.3, -0.25) is 4.99 Å². The van der Waals surface area contributed by atoms with Crippen LogP contribution in [0.3, 0.4) is 0 Å². The van der Waals surface area contributed by atoms with Crippen LogP contribution in [0, 0.1) is 17.8 Å². The molecular weight excluding hydrogens is 194 g/mol. The summed E-state index contributed by atoms with van der Waals surface area (Å²) >= 11 is 0. The van der Waals surface area contributed by atoms with Crippen LogP contribution < -0.4 is 0 Å². The Balaban J connectivity index is 1.68. The molecule has 0 saturated heterocycles. The molecule has 0 bridgehead atoms. The normalized spacial score (nSPS) is 40.6. The lowest BCUT2D eigenvalue weighted by Crippen LogP contribution is -2.21. The molecule has 0 spiro atoms. The zero-order chi connectivity index (χ0) is 11.4. The molecule has 1 nitrogen and oxygen atoms in total. The van der Waals surface area contributed by atoms with Crippen molar-refractivity contribution in [3.8, 4) is 0 Å². The van der Waals surface area contributed by atoms with E-state index >= 15 is 0 Å². The van der Waals surface area contributed by atoms with Crippen molar-refractivity contribution >= 4 is 6.72 Å². The highest BCUT2D eigenvalue weighted by molar-refractivity contribution is 5.24. The van der Waals surface area contributed by atoms with Crippen LogP contribution >= 0.6 is 0 Å². The van der Waals surface area contributed by atoms with Crippen molar-refractivity contribution in [2.24, 2.45) is 22.7 Å². The van der Waals surface area contributed by atoms with Crippen LogP contribution in [-0.4, -0.2) is 12.8 Å². The zero-order valence-electron chi connectivity index (χ0n) is 10.8. The second-order valence-corrected chi connectivity index (χ2v) is 6.22. The lowest BCUT2D eigenvalue weighted by molar-refractivity contribution is 0.212. The van der Waals surface area contributed by atoms with E-state index in [1.54, 1.807) is 0 Å². The first-order chi connectivity index (χ1) is 7.78. The lowest BCUT2D eigenvalue weighted by Gasteiger charge is -2.32. The average molecular weight is 221 g/mol. The quantitative estimate of drug-likeness (QED) is 0.624. The Morgan fingerprint density at radius 2 is 1.38 bits per heavy atom. The molecular formula is C15H27N. The molecule has 0 aromatic heterocycles. The minimum absolute atomic E-state index is 0.586. The second kappa shape index (κ2) is 5.84. The lowest BCUT2D eigenvalue weighted by atomic mass is 9.75. The molecule has 0 unspecified atom stereocenters. The Bertz CT molecular complexity index is 207. The van der Waals surface area contributed by atoms with Crippen molar-refractivity contribution in [1.82, 2.24) is 0 Å². The van der Waals surface area contributed by atoms with Crippen LogP contribution in [0.2, 0.25) is 0 Å². The monoisotopic (exact) mass is 221 g/mol. The van der Waals surface area contributed by atoms with Gasteiger partial charge in [0.2, 0.25) is 0 Å². The smallest absolute Gasteiger partial charge is 0.0492 e. The van der Waals surface area contributed by atoms with Crippen LogP contribution in [0.5, 0.6) is 0 Å². The predicted molar refractivity (Wildman–Crippen MR) is 71.0 cm³/mol. The summed E-state index contributed by atoms with van der Waals surface area (Å²) in [4.78, 5) is 4.19. The molecule has 0 radical (unpaired) electrons. The maximum atomic E-state index is 4.19. The first-order valence-corrected chi connectivity index (χ1v) is 7.23. The van der Waals surface area contributed by atoms with Gasteiger partial charge < -0.3 is 0 Å². The minimum Gasteiger partial charge on any atom is -0.298 e. The van der Waals surface area contributed by atoms with Crippen LogP contribution in [-0.2, 0) is 0 Å². The number of hydrogen-bond acceptors (Lipinski definition) is 1. The van der Waals surface area contributed by atoms with Crippen LogP contribution in [0.4, 0.5) is 0 Å². The third-order valence-corrected chi connectivity index (χ3v) is 4.88. The molecule has 2 rings (SSSR count). The summed E-state index contributed by atoms with van der Waals surface area (Å²) < 4.78 is 0. The van der Waals surface area contributed by atoms with Crippen molar-refractivity contribution in [2.75, 3.05) is 0 Å². The van der Waals surface area contributed by atoms with Gasteiger partial charge in [0, 0.05) is 6.04 Å². The molecule has 2 aliphatic rings. The van der Waals surface area contributed by atoms with Crippen molar-refractivity contribution in [1.29, 1.82) is 0 Å². The van der Waals surface area contributed by atoms with E-state index in [4.69, 9.17) is 0 Å². The van der Waals surface area contributed by atoms with E-state index < -0.39 is 0 Å². The number of aliphatic imine (C=N–C) groups is 1. The summed E-state index contributed by atoms with van der Waals surface area (Å²) in [6, 6.07) is 0.586. The summed E-state index contributed by atoms with van der Waals surface area (Å²) in [5.74, 6) is 3.06. The van der Waals surface area contributed by atoms with E-state index in [-0.39, 0.29) is 0 Å². The van der Waals surface area contributed by atoms with E-state index in [0.29, 0.717) is 6.04 Å².